The SMILES string of the molecule is Clc1ccc(C(Br)c2cc(Br)ccc2Br)cc1Cl. The summed E-state index contributed by atoms with van der Waals surface area (Å²) in [5.74, 6) is 0. The molecule has 1 unspecified atom stereocenters. The van der Waals surface area contributed by atoms with Crippen molar-refractivity contribution in [3.05, 3.63) is 66.5 Å². The van der Waals surface area contributed by atoms with Crippen LogP contribution in [-0.4, -0.2) is 0 Å². The molecule has 0 aromatic heterocycles. The number of hydrogen-bond donors (Lipinski definition) is 0. The maximum atomic E-state index is 6.04. The molecule has 0 amide bonds. The molecule has 0 radical (unpaired) electrons. The lowest BCUT2D eigenvalue weighted by Gasteiger charge is -2.14. The molecule has 0 fully saturated rings. The van der Waals surface area contributed by atoms with Crippen molar-refractivity contribution in [3.63, 3.8) is 0 Å². The highest BCUT2D eigenvalue weighted by Gasteiger charge is 2.15. The third kappa shape index (κ3) is 3.31. The summed E-state index contributed by atoms with van der Waals surface area (Å²) < 4.78 is 2.07. The van der Waals surface area contributed by atoms with Crippen molar-refractivity contribution in [2.24, 2.45) is 0 Å². The highest BCUT2D eigenvalue weighted by Crippen LogP contribution is 2.38. The summed E-state index contributed by atoms with van der Waals surface area (Å²) in [7, 11) is 0. The molecule has 5 heteroatoms. The van der Waals surface area contributed by atoms with Gasteiger partial charge in [-0.15, -0.1) is 0 Å². The van der Waals surface area contributed by atoms with Crippen LogP contribution in [0.1, 0.15) is 16.0 Å². The van der Waals surface area contributed by atoms with Gasteiger partial charge in [-0.3, -0.25) is 0 Å². The van der Waals surface area contributed by atoms with E-state index in [9.17, 15) is 0 Å². The zero-order valence-electron chi connectivity index (χ0n) is 8.93. The molecule has 2 aromatic carbocycles. The average molecular weight is 474 g/mol. The third-order valence-electron chi connectivity index (χ3n) is 2.47. The van der Waals surface area contributed by atoms with E-state index < -0.39 is 0 Å². The number of alkyl halides is 1. The van der Waals surface area contributed by atoms with Crippen molar-refractivity contribution < 1.29 is 0 Å². The summed E-state index contributed by atoms with van der Waals surface area (Å²) >= 11 is 22.7. The first-order valence-electron chi connectivity index (χ1n) is 5.03. The molecule has 0 spiro atoms. The predicted molar refractivity (Wildman–Crippen MR) is 89.1 cm³/mol. The summed E-state index contributed by atoms with van der Waals surface area (Å²) in [5.41, 5.74) is 2.19. The molecular weight excluding hydrogens is 467 g/mol. The Morgan fingerprint density at radius 3 is 2.28 bits per heavy atom. The lowest BCUT2D eigenvalue weighted by Crippen LogP contribution is -1.94. The fraction of sp³-hybridized carbons (Fsp3) is 0.0769. The summed E-state index contributed by atoms with van der Waals surface area (Å²) in [6.07, 6.45) is 0. The van der Waals surface area contributed by atoms with Gasteiger partial charge in [-0.25, -0.2) is 0 Å². The van der Waals surface area contributed by atoms with Gasteiger partial charge in [0.05, 0.1) is 14.9 Å². The Morgan fingerprint density at radius 1 is 0.889 bits per heavy atom. The van der Waals surface area contributed by atoms with Crippen molar-refractivity contribution in [1.82, 2.24) is 0 Å². The van der Waals surface area contributed by atoms with Crippen molar-refractivity contribution in [2.45, 2.75) is 4.83 Å². The largest absolute Gasteiger partial charge is 0.0827 e. The minimum atomic E-state index is 0.0548. The van der Waals surface area contributed by atoms with Crippen LogP contribution in [-0.2, 0) is 0 Å². The van der Waals surface area contributed by atoms with E-state index in [-0.39, 0.29) is 4.83 Å². The van der Waals surface area contributed by atoms with Crippen molar-refractivity contribution >= 4 is 71.0 Å². The van der Waals surface area contributed by atoms with Gasteiger partial charge < -0.3 is 0 Å². The number of halogens is 5. The van der Waals surface area contributed by atoms with E-state index >= 15 is 0 Å². The predicted octanol–water partition coefficient (Wildman–Crippen LogP) is 7.00. The van der Waals surface area contributed by atoms with E-state index in [1.165, 1.54) is 0 Å². The quantitative estimate of drug-likeness (QED) is 0.412. The first-order chi connectivity index (χ1) is 8.49. The van der Waals surface area contributed by atoms with Gasteiger partial charge in [0, 0.05) is 8.95 Å². The first-order valence-corrected chi connectivity index (χ1v) is 8.29. The van der Waals surface area contributed by atoms with E-state index in [1.54, 1.807) is 6.07 Å². The standard InChI is InChI=1S/C13H7Br3Cl2/c14-8-2-3-10(15)9(6-8)13(16)7-1-4-11(17)12(18)5-7/h1-6,13H. The fourth-order valence-electron chi connectivity index (χ4n) is 1.56. The highest BCUT2D eigenvalue weighted by molar-refractivity contribution is 9.11. The molecule has 0 saturated carbocycles. The van der Waals surface area contributed by atoms with Crippen LogP contribution in [0.2, 0.25) is 10.0 Å². The van der Waals surface area contributed by atoms with Gasteiger partial charge in [0.25, 0.3) is 0 Å². The van der Waals surface area contributed by atoms with Crippen LogP contribution in [0, 0.1) is 0 Å². The summed E-state index contributed by atoms with van der Waals surface area (Å²) in [5, 5.41) is 1.12. The molecule has 0 aliphatic carbocycles. The zero-order chi connectivity index (χ0) is 13.3. The monoisotopic (exact) mass is 470 g/mol. The van der Waals surface area contributed by atoms with Crippen LogP contribution in [0.3, 0.4) is 0 Å². The second-order valence-corrected chi connectivity index (χ2v) is 7.20. The van der Waals surface area contributed by atoms with E-state index in [0.29, 0.717) is 10.0 Å². The normalized spacial score (nSPS) is 12.5. The molecule has 0 aliphatic heterocycles. The molecule has 18 heavy (non-hydrogen) atoms. The number of hydrogen-bond acceptors (Lipinski definition) is 0. The van der Waals surface area contributed by atoms with Gasteiger partial charge in [0.1, 0.15) is 0 Å². The minimum absolute atomic E-state index is 0.0548. The van der Waals surface area contributed by atoms with Crippen LogP contribution in [0.15, 0.2) is 45.3 Å². The number of rotatable bonds is 2. The molecule has 0 nitrogen and oxygen atoms in total. The Balaban J connectivity index is 2.44. The summed E-state index contributed by atoms with van der Waals surface area (Å²) in [4.78, 5) is 0.0548. The van der Waals surface area contributed by atoms with Crippen LogP contribution >= 0.6 is 71.0 Å². The van der Waals surface area contributed by atoms with Crippen LogP contribution in [0.5, 0.6) is 0 Å². The average Bonchev–Trinajstić information content (AvgIpc) is 2.35. The van der Waals surface area contributed by atoms with Gasteiger partial charge in [-0.2, -0.15) is 0 Å². The Hall–Kier alpha value is 0.460. The van der Waals surface area contributed by atoms with Gasteiger partial charge in [0.15, 0.2) is 0 Å². The van der Waals surface area contributed by atoms with Gasteiger partial charge in [-0.05, 0) is 41.5 Å². The molecule has 0 aliphatic rings. The van der Waals surface area contributed by atoms with Crippen molar-refractivity contribution in [1.29, 1.82) is 0 Å². The molecule has 94 valence electrons. The Labute approximate surface area is 141 Å². The lowest BCUT2D eigenvalue weighted by atomic mass is 10.1. The smallest absolute Gasteiger partial charge is 0.0656 e. The van der Waals surface area contributed by atoms with E-state index in [2.05, 4.69) is 53.9 Å². The Morgan fingerprint density at radius 2 is 1.61 bits per heavy atom. The molecule has 0 bridgehead atoms. The van der Waals surface area contributed by atoms with E-state index in [0.717, 1.165) is 20.1 Å². The van der Waals surface area contributed by atoms with E-state index in [4.69, 9.17) is 23.2 Å². The van der Waals surface area contributed by atoms with Crippen LogP contribution in [0.25, 0.3) is 0 Å². The maximum Gasteiger partial charge on any atom is 0.0656 e. The van der Waals surface area contributed by atoms with Crippen LogP contribution < -0.4 is 0 Å². The van der Waals surface area contributed by atoms with Gasteiger partial charge in [0.2, 0.25) is 0 Å². The molecule has 0 N–H and O–H groups in total. The minimum Gasteiger partial charge on any atom is -0.0827 e. The van der Waals surface area contributed by atoms with Crippen molar-refractivity contribution in [2.75, 3.05) is 0 Å². The molecular formula is C13H7Br3Cl2. The van der Waals surface area contributed by atoms with Crippen molar-refractivity contribution in [3.8, 4) is 0 Å². The fourth-order valence-corrected chi connectivity index (χ4v) is 3.69. The van der Waals surface area contributed by atoms with Gasteiger partial charge >= 0.3 is 0 Å². The summed E-state index contributed by atoms with van der Waals surface area (Å²) in [6.45, 7) is 0. The zero-order valence-corrected chi connectivity index (χ0v) is 15.2. The molecule has 0 saturated heterocycles. The second-order valence-electron chi connectivity index (χ2n) is 3.70. The van der Waals surface area contributed by atoms with E-state index in [1.807, 2.05) is 24.3 Å². The number of benzene rings is 2. The topological polar surface area (TPSA) is 0 Å². The van der Waals surface area contributed by atoms with Gasteiger partial charge in [-0.1, -0.05) is 77.1 Å². The Bertz CT molecular complexity index is 584. The van der Waals surface area contributed by atoms with Crippen LogP contribution in [0.4, 0.5) is 0 Å². The maximum absolute atomic E-state index is 6.04. The molecule has 2 rings (SSSR count). The first kappa shape index (κ1) is 14.9. The molecule has 0 heterocycles. The second kappa shape index (κ2) is 6.27. The summed E-state index contributed by atoms with van der Waals surface area (Å²) in [6, 6.07) is 11.7. The third-order valence-corrected chi connectivity index (χ3v) is 5.44. The molecule has 2 aromatic rings. The lowest BCUT2D eigenvalue weighted by molar-refractivity contribution is 1.16. The molecule has 1 atom stereocenters. The highest BCUT2D eigenvalue weighted by atomic mass is 79.9. The Kier molecular flexibility index (Phi) is 5.18.